The third kappa shape index (κ3) is 3.01. The number of carbonyl (C=O) groups is 1. The van der Waals surface area contributed by atoms with Gasteiger partial charge in [0.05, 0.1) is 7.11 Å². The Labute approximate surface area is 135 Å². The Bertz CT molecular complexity index is 783. The Morgan fingerprint density at radius 3 is 2.55 bits per heavy atom. The Morgan fingerprint density at radius 2 is 2.00 bits per heavy atom. The van der Waals surface area contributed by atoms with E-state index < -0.39 is 23.0 Å². The van der Waals surface area contributed by atoms with Gasteiger partial charge in [0.1, 0.15) is 0 Å². The van der Waals surface area contributed by atoms with E-state index in [0.29, 0.717) is 16.5 Å². The molecule has 0 aliphatic carbocycles. The number of halogens is 1. The number of H-pyrrole nitrogens is 1. The summed E-state index contributed by atoms with van der Waals surface area (Å²) in [6.07, 6.45) is -0.208. The van der Waals surface area contributed by atoms with Crippen LogP contribution in [0.4, 0.5) is 0 Å². The van der Waals surface area contributed by atoms with Crippen LogP contribution in [0.3, 0.4) is 0 Å². The second-order valence-corrected chi connectivity index (χ2v) is 4.65. The minimum Gasteiger partial charge on any atom is -0.504 e. The minimum atomic E-state index is -1.03. The van der Waals surface area contributed by atoms with Crippen LogP contribution in [0, 0.1) is 6.92 Å². The van der Waals surface area contributed by atoms with Crippen LogP contribution in [0.2, 0.25) is 0 Å². The smallest absolute Gasteiger partial charge is 0.303 e. The Hall–Kier alpha value is -2.22. The second-order valence-electron chi connectivity index (χ2n) is 4.65. The first kappa shape index (κ1) is 17.8. The molecule has 8 heteroatoms. The Kier molecular flexibility index (Phi) is 5.43. The van der Waals surface area contributed by atoms with E-state index in [1.807, 2.05) is 0 Å². The highest BCUT2D eigenvalue weighted by Crippen LogP contribution is 2.43. The summed E-state index contributed by atoms with van der Waals surface area (Å²) in [5.41, 5.74) is 0.265. The summed E-state index contributed by atoms with van der Waals surface area (Å²) in [6, 6.07) is 1.24. The van der Waals surface area contributed by atoms with Crippen molar-refractivity contribution in [2.24, 2.45) is 0 Å². The zero-order chi connectivity index (χ0) is 15.7. The molecule has 1 aromatic carbocycles. The second kappa shape index (κ2) is 6.69. The summed E-state index contributed by atoms with van der Waals surface area (Å²) in [4.78, 5) is 25.3. The molecule has 0 fully saturated rings. The van der Waals surface area contributed by atoms with Crippen molar-refractivity contribution in [2.75, 3.05) is 7.11 Å². The lowest BCUT2D eigenvalue weighted by atomic mass is 10.00. The molecule has 0 unspecified atom stereocenters. The van der Waals surface area contributed by atoms with Gasteiger partial charge in [0.2, 0.25) is 5.75 Å². The van der Waals surface area contributed by atoms with E-state index in [1.54, 1.807) is 6.92 Å². The van der Waals surface area contributed by atoms with Crippen molar-refractivity contribution < 1.29 is 24.9 Å². The molecular weight excluding hydrogens is 358 g/mol. The van der Waals surface area contributed by atoms with Crippen LogP contribution in [0.1, 0.15) is 17.7 Å². The van der Waals surface area contributed by atoms with E-state index in [1.165, 1.54) is 13.2 Å². The predicted octanol–water partition coefficient (Wildman–Crippen LogP) is 1.85. The van der Waals surface area contributed by atoms with E-state index >= 15 is 0 Å². The van der Waals surface area contributed by atoms with Gasteiger partial charge in [0, 0.05) is 23.1 Å². The molecule has 22 heavy (non-hydrogen) atoms. The molecule has 0 aliphatic heterocycles. The van der Waals surface area contributed by atoms with Gasteiger partial charge in [-0.25, -0.2) is 0 Å². The normalized spacial score (nSPS) is 10.3. The number of aromatic nitrogens is 1. The molecule has 0 radical (unpaired) electrons. The van der Waals surface area contributed by atoms with Crippen LogP contribution in [-0.4, -0.2) is 33.4 Å². The maximum absolute atomic E-state index is 12.0. The summed E-state index contributed by atoms with van der Waals surface area (Å²) in [7, 11) is 1.33. The number of aliphatic carboxylic acids is 1. The van der Waals surface area contributed by atoms with Gasteiger partial charge in [0.25, 0.3) is 5.56 Å². The zero-order valence-corrected chi connectivity index (χ0v) is 13.7. The summed E-state index contributed by atoms with van der Waals surface area (Å²) < 4.78 is 5.09. The average Bonchev–Trinajstić information content (AvgIpc) is 2.40. The molecule has 7 nitrogen and oxygen atoms in total. The van der Waals surface area contributed by atoms with Crippen LogP contribution in [0.5, 0.6) is 17.2 Å². The van der Waals surface area contributed by atoms with E-state index in [4.69, 9.17) is 9.84 Å². The largest absolute Gasteiger partial charge is 0.504 e. The molecule has 2 rings (SSSR count). The van der Waals surface area contributed by atoms with Crippen molar-refractivity contribution in [1.29, 1.82) is 0 Å². The third-order valence-corrected chi connectivity index (χ3v) is 3.30. The molecule has 0 saturated heterocycles. The number of ether oxygens (including phenoxy) is 1. The molecule has 0 amide bonds. The highest BCUT2D eigenvalue weighted by atomic mass is 79.9. The number of fused-ring (bicyclic) bond motifs is 1. The Morgan fingerprint density at radius 1 is 1.36 bits per heavy atom. The number of aromatic amines is 1. The number of methoxy groups -OCH3 is 1. The summed E-state index contributed by atoms with van der Waals surface area (Å²) >= 11 is 0. The van der Waals surface area contributed by atoms with Crippen molar-refractivity contribution in [3.8, 4) is 17.2 Å². The third-order valence-electron chi connectivity index (χ3n) is 3.30. The molecule has 120 valence electrons. The minimum absolute atomic E-state index is 0. The maximum Gasteiger partial charge on any atom is 0.303 e. The van der Waals surface area contributed by atoms with Gasteiger partial charge in [-0.05, 0) is 24.8 Å². The molecule has 0 bridgehead atoms. The Balaban J connectivity index is 0.00000242. The van der Waals surface area contributed by atoms with Crippen LogP contribution >= 0.6 is 17.0 Å². The highest BCUT2D eigenvalue weighted by molar-refractivity contribution is 8.93. The molecule has 0 aliphatic rings. The number of phenols is 2. The van der Waals surface area contributed by atoms with Gasteiger partial charge in [-0.1, -0.05) is 0 Å². The fraction of sp³-hybridized carbons (Fsp3) is 0.286. The zero-order valence-electron chi connectivity index (χ0n) is 12.0. The summed E-state index contributed by atoms with van der Waals surface area (Å²) in [5, 5.41) is 29.2. The van der Waals surface area contributed by atoms with E-state index in [-0.39, 0.29) is 41.1 Å². The number of nitrogens with one attached hydrogen (secondary N) is 1. The highest BCUT2D eigenvalue weighted by Gasteiger charge is 2.19. The molecular formula is C14H16BrNO6. The number of aryl methyl sites for hydroxylation is 2. The van der Waals surface area contributed by atoms with Crippen molar-refractivity contribution in [2.45, 2.75) is 19.8 Å². The molecule has 1 aromatic heterocycles. The lowest BCUT2D eigenvalue weighted by Gasteiger charge is -2.14. The number of aromatic hydroxyl groups is 2. The van der Waals surface area contributed by atoms with E-state index in [9.17, 15) is 19.8 Å². The molecule has 2 aromatic rings. The van der Waals surface area contributed by atoms with Crippen molar-refractivity contribution in [3.05, 3.63) is 27.7 Å². The molecule has 0 saturated carbocycles. The first-order valence-electron chi connectivity index (χ1n) is 6.23. The van der Waals surface area contributed by atoms with Gasteiger partial charge < -0.3 is 25.0 Å². The van der Waals surface area contributed by atoms with Gasteiger partial charge >= 0.3 is 5.97 Å². The number of hydrogen-bond donors (Lipinski definition) is 4. The van der Waals surface area contributed by atoms with Gasteiger partial charge in [-0.15, -0.1) is 17.0 Å². The molecule has 1 heterocycles. The fourth-order valence-corrected chi connectivity index (χ4v) is 2.35. The lowest BCUT2D eigenvalue weighted by molar-refractivity contribution is -0.136. The van der Waals surface area contributed by atoms with E-state index in [2.05, 4.69) is 4.98 Å². The number of benzene rings is 1. The number of phenolic OH excluding ortho intramolecular Hbond substituents is 2. The van der Waals surface area contributed by atoms with Crippen molar-refractivity contribution >= 4 is 33.7 Å². The molecule has 0 atom stereocenters. The van der Waals surface area contributed by atoms with Crippen LogP contribution in [0.15, 0.2) is 10.9 Å². The summed E-state index contributed by atoms with van der Waals surface area (Å²) in [5.74, 6) is -1.85. The quantitative estimate of drug-likeness (QED) is 0.607. The van der Waals surface area contributed by atoms with Crippen molar-refractivity contribution in [1.82, 2.24) is 4.98 Å². The maximum atomic E-state index is 12.0. The topological polar surface area (TPSA) is 120 Å². The first-order chi connectivity index (χ1) is 9.86. The fourth-order valence-electron chi connectivity index (χ4n) is 2.35. The van der Waals surface area contributed by atoms with Crippen LogP contribution < -0.4 is 10.3 Å². The van der Waals surface area contributed by atoms with Crippen LogP contribution in [0.25, 0.3) is 10.8 Å². The number of carboxylic acids is 1. The number of pyridine rings is 1. The van der Waals surface area contributed by atoms with Gasteiger partial charge in [-0.2, -0.15) is 0 Å². The average molecular weight is 374 g/mol. The predicted molar refractivity (Wildman–Crippen MR) is 85.5 cm³/mol. The first-order valence-corrected chi connectivity index (χ1v) is 6.23. The number of carboxylic acid groups (broad SMARTS) is 1. The SMILES string of the molecule is Br.COc1c(O)c(O)cc2c(CCC(=O)O)c(=O)[nH]c(C)c12. The van der Waals surface area contributed by atoms with Crippen molar-refractivity contribution in [3.63, 3.8) is 0 Å². The summed E-state index contributed by atoms with van der Waals surface area (Å²) in [6.45, 7) is 1.63. The van der Waals surface area contributed by atoms with E-state index in [0.717, 1.165) is 0 Å². The standard InChI is InChI=1S/C14H15NO6.BrH/c1-6-11-8(5-9(16)12(19)13(11)21-2)7(14(20)15-6)3-4-10(17)18;/h5,16,19H,3-4H2,1-2H3,(H,15,20)(H,17,18);1H. The lowest BCUT2D eigenvalue weighted by Crippen LogP contribution is -2.16. The van der Waals surface area contributed by atoms with Gasteiger partial charge in [0.15, 0.2) is 11.5 Å². The molecule has 4 N–H and O–H groups in total. The number of hydrogen-bond acceptors (Lipinski definition) is 5. The monoisotopic (exact) mass is 373 g/mol. The molecule has 0 spiro atoms. The van der Waals surface area contributed by atoms with Crippen LogP contribution in [-0.2, 0) is 11.2 Å². The van der Waals surface area contributed by atoms with Gasteiger partial charge in [-0.3, -0.25) is 9.59 Å². The number of rotatable bonds is 4.